The molecule has 1 aliphatic heterocycles. The van der Waals surface area contributed by atoms with Crippen LogP contribution in [0, 0.1) is 11.8 Å². The molecule has 4 rings (SSSR count). The number of hydrogen-bond donors (Lipinski definition) is 0. The number of allylic oxidation sites excluding steroid dienone is 1. The summed E-state index contributed by atoms with van der Waals surface area (Å²) in [6.07, 6.45) is 3.79. The van der Waals surface area contributed by atoms with Gasteiger partial charge < -0.3 is 9.47 Å². The molecule has 0 saturated carbocycles. The smallest absolute Gasteiger partial charge is 0.180 e. The molecule has 0 atom stereocenters. The molecule has 2 heteroatoms. The molecule has 0 unspecified atom stereocenters. The zero-order valence-electron chi connectivity index (χ0n) is 17.6. The molecule has 152 valence electrons. The van der Waals surface area contributed by atoms with Crippen molar-refractivity contribution in [3.8, 4) is 11.8 Å². The molecule has 1 heterocycles. The van der Waals surface area contributed by atoms with Crippen molar-refractivity contribution in [3.63, 3.8) is 0 Å². The Morgan fingerprint density at radius 1 is 0.871 bits per heavy atom. The Bertz CT molecular complexity index is 1190. The highest BCUT2D eigenvalue weighted by atomic mass is 16.5. The van der Waals surface area contributed by atoms with E-state index in [1.54, 1.807) is 0 Å². The molecule has 31 heavy (non-hydrogen) atoms. The Balaban J connectivity index is 1.64. The lowest BCUT2D eigenvalue weighted by Gasteiger charge is -2.19. The molecule has 1 aliphatic rings. The molecule has 0 N–H and O–H groups in total. The predicted molar refractivity (Wildman–Crippen MR) is 126 cm³/mol. The van der Waals surface area contributed by atoms with Crippen LogP contribution in [-0.2, 0) is 9.47 Å². The van der Waals surface area contributed by atoms with E-state index in [2.05, 4.69) is 42.7 Å². The Labute approximate surface area is 184 Å². The number of ether oxygens (including phenoxy) is 2. The summed E-state index contributed by atoms with van der Waals surface area (Å²) in [6, 6.07) is 28.2. The summed E-state index contributed by atoms with van der Waals surface area (Å²) in [5.74, 6) is 8.45. The summed E-state index contributed by atoms with van der Waals surface area (Å²) < 4.78 is 12.3. The third-order valence-electron chi connectivity index (χ3n) is 4.82. The van der Waals surface area contributed by atoms with E-state index in [-0.39, 0.29) is 0 Å². The molecule has 0 aliphatic carbocycles. The first-order valence-electron chi connectivity index (χ1n) is 10.5. The summed E-state index contributed by atoms with van der Waals surface area (Å²) >= 11 is 0. The van der Waals surface area contributed by atoms with Gasteiger partial charge in [-0.25, -0.2) is 0 Å². The van der Waals surface area contributed by atoms with Gasteiger partial charge in [0.05, 0.1) is 0 Å². The first-order chi connectivity index (χ1) is 15.3. The van der Waals surface area contributed by atoms with E-state index in [1.165, 1.54) is 0 Å². The first-order valence-corrected chi connectivity index (χ1v) is 10.5. The average molecular weight is 405 g/mol. The topological polar surface area (TPSA) is 18.5 Å². The number of fused-ring (bicyclic) bond motifs is 1. The van der Waals surface area contributed by atoms with Gasteiger partial charge in [0, 0.05) is 23.1 Å². The lowest BCUT2D eigenvalue weighted by Crippen LogP contribution is -2.01. The fraction of sp³-hybridized carbons (Fsp3) is 0.138. The highest BCUT2D eigenvalue weighted by Gasteiger charge is 2.18. The second-order valence-corrected chi connectivity index (χ2v) is 7.15. The molecule has 2 nitrogen and oxygen atoms in total. The highest BCUT2D eigenvalue weighted by molar-refractivity contribution is 5.88. The van der Waals surface area contributed by atoms with Crippen LogP contribution in [0.5, 0.6) is 0 Å². The van der Waals surface area contributed by atoms with Crippen molar-refractivity contribution in [2.45, 2.75) is 19.8 Å². The fourth-order valence-electron chi connectivity index (χ4n) is 3.31. The second kappa shape index (κ2) is 10.2. The van der Waals surface area contributed by atoms with Crippen LogP contribution in [0.15, 0.2) is 96.4 Å². The quantitative estimate of drug-likeness (QED) is 0.261. The minimum Gasteiger partial charge on any atom is -0.477 e. The monoisotopic (exact) mass is 404 g/mol. The largest absolute Gasteiger partial charge is 0.477 e. The summed E-state index contributed by atoms with van der Waals surface area (Å²) in [5.41, 5.74) is 7.52. The maximum atomic E-state index is 6.28. The molecule has 0 spiro atoms. The van der Waals surface area contributed by atoms with Gasteiger partial charge in [-0.2, -0.15) is 0 Å². The fourth-order valence-corrected chi connectivity index (χ4v) is 3.31. The second-order valence-electron chi connectivity index (χ2n) is 7.15. The van der Waals surface area contributed by atoms with Gasteiger partial charge in [-0.15, -0.1) is 0 Å². The maximum Gasteiger partial charge on any atom is 0.180 e. The number of rotatable bonds is 5. The van der Waals surface area contributed by atoms with Gasteiger partial charge in [0.2, 0.25) is 0 Å². The SMILES string of the molecule is CCCC(=C=C1OC(c2ccccc2)=Cc2ccccc21)OCC#Cc1ccccc1. The number of benzene rings is 3. The Hall–Kier alpha value is -3.92. The number of hydrogen-bond acceptors (Lipinski definition) is 2. The van der Waals surface area contributed by atoms with Crippen LogP contribution < -0.4 is 0 Å². The molecule has 0 amide bonds. The van der Waals surface area contributed by atoms with Crippen molar-refractivity contribution in [3.05, 3.63) is 119 Å². The maximum absolute atomic E-state index is 6.28. The van der Waals surface area contributed by atoms with E-state index in [1.807, 2.05) is 72.8 Å². The minimum atomic E-state index is 0.313. The third kappa shape index (κ3) is 5.37. The zero-order chi connectivity index (χ0) is 21.3. The molecule has 3 aromatic carbocycles. The van der Waals surface area contributed by atoms with Crippen LogP contribution in [-0.4, -0.2) is 6.61 Å². The van der Waals surface area contributed by atoms with Gasteiger partial charge in [-0.3, -0.25) is 0 Å². The summed E-state index contributed by atoms with van der Waals surface area (Å²) in [5, 5.41) is 0. The van der Waals surface area contributed by atoms with Crippen LogP contribution in [0.4, 0.5) is 0 Å². The van der Waals surface area contributed by atoms with Crippen molar-refractivity contribution in [1.29, 1.82) is 0 Å². The highest BCUT2D eigenvalue weighted by Crippen LogP contribution is 2.34. The van der Waals surface area contributed by atoms with E-state index in [9.17, 15) is 0 Å². The van der Waals surface area contributed by atoms with Crippen molar-refractivity contribution in [1.82, 2.24) is 0 Å². The van der Waals surface area contributed by atoms with E-state index in [0.717, 1.165) is 46.6 Å². The minimum absolute atomic E-state index is 0.313. The molecule has 3 aromatic rings. The average Bonchev–Trinajstić information content (AvgIpc) is 2.83. The molecular formula is C29H24O2. The van der Waals surface area contributed by atoms with E-state index in [4.69, 9.17) is 9.47 Å². The van der Waals surface area contributed by atoms with Crippen LogP contribution >= 0.6 is 0 Å². The van der Waals surface area contributed by atoms with E-state index in [0.29, 0.717) is 12.4 Å². The van der Waals surface area contributed by atoms with Gasteiger partial charge in [0.25, 0.3) is 0 Å². The molecule has 0 saturated heterocycles. The zero-order valence-corrected chi connectivity index (χ0v) is 17.6. The summed E-state index contributed by atoms with van der Waals surface area (Å²) in [6.45, 7) is 2.43. The summed E-state index contributed by atoms with van der Waals surface area (Å²) in [4.78, 5) is 0. The van der Waals surface area contributed by atoms with Crippen LogP contribution in [0.3, 0.4) is 0 Å². The van der Waals surface area contributed by atoms with Crippen molar-refractivity contribution in [2.75, 3.05) is 6.61 Å². The van der Waals surface area contributed by atoms with Gasteiger partial charge in [-0.05, 0) is 42.0 Å². The third-order valence-corrected chi connectivity index (χ3v) is 4.82. The normalized spacial score (nSPS) is 11.8. The van der Waals surface area contributed by atoms with Crippen LogP contribution in [0.2, 0.25) is 0 Å². The predicted octanol–water partition coefficient (Wildman–Crippen LogP) is 6.91. The Morgan fingerprint density at radius 2 is 1.58 bits per heavy atom. The van der Waals surface area contributed by atoms with E-state index < -0.39 is 0 Å². The standard InChI is InChI=1S/C29H24O2/c1-2-12-26(30-20-11-15-23-13-5-3-6-14-23)22-29-27-19-10-9-18-25(27)21-28(31-29)24-16-7-4-8-17-24/h3-10,13-14,16-19,21H,2,12,20H2,1H3. The van der Waals surface area contributed by atoms with Crippen molar-refractivity contribution >= 4 is 17.6 Å². The van der Waals surface area contributed by atoms with Crippen LogP contribution in [0.1, 0.15) is 42.0 Å². The molecule has 0 bridgehead atoms. The molecule has 0 aromatic heterocycles. The van der Waals surface area contributed by atoms with Crippen molar-refractivity contribution in [2.24, 2.45) is 0 Å². The van der Waals surface area contributed by atoms with Gasteiger partial charge in [0.15, 0.2) is 5.76 Å². The van der Waals surface area contributed by atoms with E-state index >= 15 is 0 Å². The summed E-state index contributed by atoms with van der Waals surface area (Å²) in [7, 11) is 0. The Kier molecular flexibility index (Phi) is 6.71. The van der Waals surface area contributed by atoms with Crippen molar-refractivity contribution < 1.29 is 9.47 Å². The van der Waals surface area contributed by atoms with Crippen LogP contribution in [0.25, 0.3) is 17.6 Å². The lowest BCUT2D eigenvalue weighted by atomic mass is 10.0. The molecule has 0 radical (unpaired) electrons. The first kappa shape index (κ1) is 20.4. The van der Waals surface area contributed by atoms with Gasteiger partial charge >= 0.3 is 0 Å². The molecule has 0 fully saturated rings. The molecular weight excluding hydrogens is 380 g/mol. The van der Waals surface area contributed by atoms with Gasteiger partial charge in [0.1, 0.15) is 18.1 Å². The lowest BCUT2D eigenvalue weighted by molar-refractivity contribution is 0.241. The van der Waals surface area contributed by atoms with Gasteiger partial charge in [-0.1, -0.05) is 85.5 Å². The Morgan fingerprint density at radius 3 is 2.35 bits per heavy atom.